The molecule has 2 atom stereocenters. The first kappa shape index (κ1) is 25.0. The maximum atomic E-state index is 13.5. The summed E-state index contributed by atoms with van der Waals surface area (Å²) in [6, 6.07) is 25.8. The maximum absolute atomic E-state index is 13.5. The minimum absolute atomic E-state index is 0.219. The highest BCUT2D eigenvalue weighted by molar-refractivity contribution is 5.92. The zero-order valence-corrected chi connectivity index (χ0v) is 19.7. The van der Waals surface area contributed by atoms with Gasteiger partial charge in [0, 0.05) is 0 Å². The number of carbonyl (C=O) groups is 2. The summed E-state index contributed by atoms with van der Waals surface area (Å²) in [6.07, 6.45) is 1.07. The fourth-order valence-corrected chi connectivity index (χ4v) is 3.94. The Morgan fingerprint density at radius 3 is 1.97 bits per heavy atom. The Bertz CT molecular complexity index is 1020. The summed E-state index contributed by atoms with van der Waals surface area (Å²) >= 11 is 0. The van der Waals surface area contributed by atoms with Crippen molar-refractivity contribution in [3.05, 3.63) is 102 Å². The van der Waals surface area contributed by atoms with Gasteiger partial charge >= 0.3 is 0 Å². The van der Waals surface area contributed by atoms with E-state index in [9.17, 15) is 9.59 Å². The van der Waals surface area contributed by atoms with Gasteiger partial charge in [0.1, 0.15) is 11.8 Å². The lowest BCUT2D eigenvalue weighted by Crippen LogP contribution is -2.48. The highest BCUT2D eigenvalue weighted by Crippen LogP contribution is 2.25. The molecule has 0 unspecified atom stereocenters. The van der Waals surface area contributed by atoms with Crippen LogP contribution in [0.25, 0.3) is 0 Å². The first-order valence-electron chi connectivity index (χ1n) is 11.6. The minimum atomic E-state index is -0.695. The Balaban J connectivity index is 1.79. The zero-order valence-electron chi connectivity index (χ0n) is 19.7. The van der Waals surface area contributed by atoms with Crippen LogP contribution >= 0.6 is 0 Å². The molecule has 2 amide bonds. The van der Waals surface area contributed by atoms with Gasteiger partial charge < -0.3 is 21.1 Å². The average Bonchev–Trinajstić information content (AvgIpc) is 2.88. The van der Waals surface area contributed by atoms with Crippen LogP contribution in [0.1, 0.15) is 48.4 Å². The first-order valence-corrected chi connectivity index (χ1v) is 11.6. The molecule has 0 saturated carbocycles. The molecule has 6 nitrogen and oxygen atoms in total. The van der Waals surface area contributed by atoms with Crippen LogP contribution < -0.4 is 21.1 Å². The zero-order chi connectivity index (χ0) is 24.3. The topological polar surface area (TPSA) is 93.4 Å². The van der Waals surface area contributed by atoms with E-state index in [4.69, 9.17) is 10.5 Å². The molecule has 0 heterocycles. The summed E-state index contributed by atoms with van der Waals surface area (Å²) < 4.78 is 5.29. The minimum Gasteiger partial charge on any atom is -0.497 e. The number of rotatable bonds is 11. The monoisotopic (exact) mass is 459 g/mol. The molecule has 3 rings (SSSR count). The van der Waals surface area contributed by atoms with Crippen LogP contribution in [-0.4, -0.2) is 31.5 Å². The highest BCUT2D eigenvalue weighted by Gasteiger charge is 2.28. The Kier molecular flexibility index (Phi) is 9.23. The summed E-state index contributed by atoms with van der Waals surface area (Å²) in [5.74, 6) is -0.257. The van der Waals surface area contributed by atoms with E-state index < -0.39 is 12.0 Å². The van der Waals surface area contributed by atoms with E-state index >= 15 is 0 Å². The third-order valence-corrected chi connectivity index (χ3v) is 5.81. The van der Waals surface area contributed by atoms with Crippen molar-refractivity contribution in [2.75, 3.05) is 13.7 Å². The Labute approximate surface area is 201 Å². The van der Waals surface area contributed by atoms with Gasteiger partial charge in [-0.05, 0) is 55.1 Å². The molecule has 0 bridgehead atoms. The molecule has 4 N–H and O–H groups in total. The molecule has 178 valence electrons. The average molecular weight is 460 g/mol. The third-order valence-electron chi connectivity index (χ3n) is 5.81. The van der Waals surface area contributed by atoms with Crippen LogP contribution in [0.5, 0.6) is 5.75 Å². The van der Waals surface area contributed by atoms with Gasteiger partial charge in [0.25, 0.3) is 0 Å². The maximum Gasteiger partial charge on any atom is 0.243 e. The highest BCUT2D eigenvalue weighted by atomic mass is 16.5. The summed E-state index contributed by atoms with van der Waals surface area (Å²) in [5, 5.41) is 6.03. The SMILES string of the molecule is COc1cccc([C@H](C)NC(=O)[C@@H](CCCN)NC(=O)C(c2ccccc2)c2ccccc2)c1. The van der Waals surface area contributed by atoms with Gasteiger partial charge in [-0.2, -0.15) is 0 Å². The molecule has 0 aliphatic carbocycles. The molecule has 3 aromatic rings. The Morgan fingerprint density at radius 1 is 0.824 bits per heavy atom. The molecule has 34 heavy (non-hydrogen) atoms. The summed E-state index contributed by atoms with van der Waals surface area (Å²) in [5.41, 5.74) is 8.37. The number of benzene rings is 3. The van der Waals surface area contributed by atoms with E-state index in [0.29, 0.717) is 19.4 Å². The number of hydrogen-bond acceptors (Lipinski definition) is 4. The third kappa shape index (κ3) is 6.68. The molecular weight excluding hydrogens is 426 g/mol. The molecule has 0 fully saturated rings. The van der Waals surface area contributed by atoms with Crippen molar-refractivity contribution >= 4 is 11.8 Å². The van der Waals surface area contributed by atoms with Gasteiger partial charge in [-0.1, -0.05) is 72.8 Å². The molecule has 3 aromatic carbocycles. The normalized spacial score (nSPS) is 12.6. The summed E-state index contributed by atoms with van der Waals surface area (Å²) in [4.78, 5) is 26.7. The fraction of sp³-hybridized carbons (Fsp3) is 0.286. The van der Waals surface area contributed by atoms with E-state index in [0.717, 1.165) is 22.4 Å². The number of nitrogens with one attached hydrogen (secondary N) is 2. The second-order valence-electron chi connectivity index (χ2n) is 8.25. The molecule has 0 spiro atoms. The van der Waals surface area contributed by atoms with Crippen LogP contribution in [0.4, 0.5) is 0 Å². The standard InChI is InChI=1S/C28H33N3O3/c1-20(23-15-9-16-24(19-23)34-2)30-27(32)25(17-10-18-29)31-28(33)26(21-11-5-3-6-12-21)22-13-7-4-8-14-22/h3-9,11-16,19-20,25-26H,10,17-18,29H2,1-2H3,(H,30,32)(H,31,33)/t20-,25+/m0/s1. The van der Waals surface area contributed by atoms with Crippen LogP contribution in [0.15, 0.2) is 84.9 Å². The first-order chi connectivity index (χ1) is 16.5. The van der Waals surface area contributed by atoms with Crippen molar-refractivity contribution in [3.8, 4) is 5.75 Å². The molecule has 0 aliphatic rings. The molecule has 0 aromatic heterocycles. The number of carbonyl (C=O) groups excluding carboxylic acids is 2. The van der Waals surface area contributed by atoms with Crippen LogP contribution in [0, 0.1) is 0 Å². The van der Waals surface area contributed by atoms with Crippen molar-refractivity contribution in [2.24, 2.45) is 5.73 Å². The lowest BCUT2D eigenvalue weighted by molar-refractivity contribution is -0.129. The van der Waals surface area contributed by atoms with E-state index in [1.165, 1.54) is 0 Å². The van der Waals surface area contributed by atoms with Gasteiger partial charge in [-0.3, -0.25) is 9.59 Å². The van der Waals surface area contributed by atoms with E-state index in [1.54, 1.807) is 7.11 Å². The van der Waals surface area contributed by atoms with Crippen molar-refractivity contribution in [1.82, 2.24) is 10.6 Å². The van der Waals surface area contributed by atoms with Crippen molar-refractivity contribution in [3.63, 3.8) is 0 Å². The molecule has 6 heteroatoms. The lowest BCUT2D eigenvalue weighted by Gasteiger charge is -2.25. The van der Waals surface area contributed by atoms with Crippen LogP contribution in [-0.2, 0) is 9.59 Å². The lowest BCUT2D eigenvalue weighted by atomic mass is 9.90. The smallest absolute Gasteiger partial charge is 0.243 e. The predicted octanol–water partition coefficient (Wildman–Crippen LogP) is 3.93. The van der Waals surface area contributed by atoms with Gasteiger partial charge in [0.2, 0.25) is 11.8 Å². The molecule has 0 radical (unpaired) electrons. The van der Waals surface area contributed by atoms with Crippen LogP contribution in [0.3, 0.4) is 0 Å². The van der Waals surface area contributed by atoms with E-state index in [-0.39, 0.29) is 17.9 Å². The van der Waals surface area contributed by atoms with Crippen molar-refractivity contribution in [2.45, 2.75) is 37.8 Å². The van der Waals surface area contributed by atoms with E-state index in [2.05, 4.69) is 10.6 Å². The summed E-state index contributed by atoms with van der Waals surface area (Å²) in [7, 11) is 1.61. The van der Waals surface area contributed by atoms with Crippen molar-refractivity contribution in [1.29, 1.82) is 0 Å². The number of methoxy groups -OCH3 is 1. The number of amides is 2. The predicted molar refractivity (Wildman–Crippen MR) is 134 cm³/mol. The number of hydrogen-bond donors (Lipinski definition) is 3. The molecule has 0 aliphatic heterocycles. The second kappa shape index (κ2) is 12.6. The van der Waals surface area contributed by atoms with Gasteiger partial charge in [-0.15, -0.1) is 0 Å². The van der Waals surface area contributed by atoms with Gasteiger partial charge in [0.05, 0.1) is 19.1 Å². The van der Waals surface area contributed by atoms with Crippen molar-refractivity contribution < 1.29 is 14.3 Å². The second-order valence-corrected chi connectivity index (χ2v) is 8.25. The van der Waals surface area contributed by atoms with Gasteiger partial charge in [-0.25, -0.2) is 0 Å². The Morgan fingerprint density at radius 2 is 1.41 bits per heavy atom. The van der Waals surface area contributed by atoms with E-state index in [1.807, 2.05) is 91.9 Å². The summed E-state index contributed by atoms with van der Waals surface area (Å²) in [6.45, 7) is 2.34. The number of nitrogens with two attached hydrogens (primary N) is 1. The fourth-order valence-electron chi connectivity index (χ4n) is 3.94. The largest absolute Gasteiger partial charge is 0.497 e. The van der Waals surface area contributed by atoms with Gasteiger partial charge in [0.15, 0.2) is 0 Å². The quantitative estimate of drug-likeness (QED) is 0.405. The Hall–Kier alpha value is -3.64. The molecule has 0 saturated heterocycles. The van der Waals surface area contributed by atoms with Crippen LogP contribution in [0.2, 0.25) is 0 Å². The number of ether oxygens (including phenoxy) is 1. The molecular formula is C28H33N3O3.